The smallest absolute Gasteiger partial charge is 0.463 e. The van der Waals surface area contributed by atoms with Gasteiger partial charge in [0, 0.05) is 5.39 Å². The lowest BCUT2D eigenvalue weighted by molar-refractivity contribution is 0.501. The number of fused-ring (bicyclic) bond motifs is 1. The molecule has 0 N–H and O–H groups in total. The normalized spacial score (nSPS) is 12.3. The maximum absolute atomic E-state index is 12.4. The number of rotatable bonds is 1. The third kappa shape index (κ3) is 1.37. The first-order valence-electron chi connectivity index (χ1n) is 3.85. The van der Waals surface area contributed by atoms with Gasteiger partial charge in [0.1, 0.15) is 5.58 Å². The molecule has 6 heteroatoms. The summed E-state index contributed by atoms with van der Waals surface area (Å²) in [5.74, 6) is 0. The van der Waals surface area contributed by atoms with E-state index in [4.69, 9.17) is 16.0 Å². The molecule has 0 saturated carbocycles. The van der Waals surface area contributed by atoms with Crippen molar-refractivity contribution < 1.29 is 17.4 Å². The number of furan rings is 1. The zero-order valence-electron chi connectivity index (χ0n) is 6.81. The second-order valence-corrected chi connectivity index (χ2v) is 3.26. The Hall–Kier alpha value is -1.10. The monoisotopic (exact) mass is 219 g/mol. The zero-order valence-corrected chi connectivity index (χ0v) is 7.56. The van der Waals surface area contributed by atoms with E-state index in [0.717, 1.165) is 6.07 Å². The molecule has 0 atom stereocenters. The van der Waals surface area contributed by atoms with E-state index in [1.54, 1.807) is 6.07 Å². The van der Waals surface area contributed by atoms with Crippen LogP contribution < -0.4 is 5.46 Å². The van der Waals surface area contributed by atoms with Crippen LogP contribution in [0.3, 0.4) is 0 Å². The van der Waals surface area contributed by atoms with Crippen LogP contribution in [0.25, 0.3) is 11.0 Å². The molecule has 0 spiro atoms. The summed E-state index contributed by atoms with van der Waals surface area (Å²) in [7, 11) is 0. The van der Waals surface area contributed by atoms with E-state index >= 15 is 0 Å². The predicted molar refractivity (Wildman–Crippen MR) is 49.9 cm³/mol. The maximum atomic E-state index is 12.4. The van der Waals surface area contributed by atoms with Crippen LogP contribution in [-0.2, 0) is 0 Å². The van der Waals surface area contributed by atoms with Crippen LogP contribution in [0, 0.1) is 0 Å². The lowest BCUT2D eigenvalue weighted by Gasteiger charge is -2.16. The van der Waals surface area contributed by atoms with Gasteiger partial charge >= 0.3 is 6.98 Å². The average Bonchev–Trinajstić information content (AvgIpc) is 2.50. The Morgan fingerprint density at radius 1 is 1.14 bits per heavy atom. The first-order valence-corrected chi connectivity index (χ1v) is 4.23. The first kappa shape index (κ1) is 9.46. The van der Waals surface area contributed by atoms with Crippen LogP contribution >= 0.6 is 11.6 Å². The Kier molecular flexibility index (Phi) is 1.99. The molecule has 74 valence electrons. The summed E-state index contributed by atoms with van der Waals surface area (Å²) >= 11 is 5.57. The summed E-state index contributed by atoms with van der Waals surface area (Å²) in [6.07, 6.45) is 1.31. The molecule has 0 bridgehead atoms. The Balaban J connectivity index is 2.74. The highest BCUT2D eigenvalue weighted by atomic mass is 35.5. The lowest BCUT2D eigenvalue weighted by atomic mass is 9.80. The van der Waals surface area contributed by atoms with E-state index < -0.39 is 12.4 Å². The zero-order chi connectivity index (χ0) is 10.3. The van der Waals surface area contributed by atoms with Gasteiger partial charge in [-0.1, -0.05) is 29.2 Å². The number of hydrogen-bond donors (Lipinski definition) is 0. The van der Waals surface area contributed by atoms with Gasteiger partial charge in [-0.3, -0.25) is 0 Å². The largest absolute Gasteiger partial charge is 0.511 e. The Bertz CT molecular complexity index is 477. The first-order chi connectivity index (χ1) is 6.50. The van der Waals surface area contributed by atoms with Crippen LogP contribution in [-0.4, -0.2) is 6.98 Å². The summed E-state index contributed by atoms with van der Waals surface area (Å²) in [5.41, 5.74) is -0.725. The van der Waals surface area contributed by atoms with E-state index in [1.807, 2.05) is 0 Å². The van der Waals surface area contributed by atoms with Gasteiger partial charge < -0.3 is 17.4 Å². The van der Waals surface area contributed by atoms with E-state index in [9.17, 15) is 12.9 Å². The highest BCUT2D eigenvalue weighted by molar-refractivity contribution is 6.76. The van der Waals surface area contributed by atoms with Crippen molar-refractivity contribution in [1.82, 2.24) is 0 Å². The van der Waals surface area contributed by atoms with Gasteiger partial charge in [0.25, 0.3) is 0 Å². The molecule has 14 heavy (non-hydrogen) atoms. The number of hydrogen-bond acceptors (Lipinski definition) is 1. The maximum Gasteiger partial charge on any atom is 0.511 e. The SMILES string of the molecule is F[B-](F)(F)c1ccc2ccoc2c1Cl. The van der Waals surface area contributed by atoms with Crippen molar-refractivity contribution in [2.75, 3.05) is 0 Å². The molecule has 0 aliphatic rings. The molecule has 1 aromatic carbocycles. The summed E-state index contributed by atoms with van der Waals surface area (Å²) in [6, 6.07) is 3.88. The van der Waals surface area contributed by atoms with Crippen LogP contribution in [0.5, 0.6) is 0 Å². The Morgan fingerprint density at radius 2 is 1.86 bits per heavy atom. The van der Waals surface area contributed by atoms with Gasteiger partial charge in [0.05, 0.1) is 11.3 Å². The van der Waals surface area contributed by atoms with Crippen LogP contribution in [0.2, 0.25) is 5.02 Å². The van der Waals surface area contributed by atoms with Crippen molar-refractivity contribution in [1.29, 1.82) is 0 Å². The van der Waals surface area contributed by atoms with Gasteiger partial charge in [0.2, 0.25) is 0 Å². The second kappa shape index (κ2) is 2.95. The fourth-order valence-corrected chi connectivity index (χ4v) is 1.61. The summed E-state index contributed by atoms with van der Waals surface area (Å²) < 4.78 is 42.1. The number of halogens is 4. The molecule has 0 radical (unpaired) electrons. The summed E-state index contributed by atoms with van der Waals surface area (Å²) in [6.45, 7) is -5.08. The minimum atomic E-state index is -5.08. The van der Waals surface area contributed by atoms with Crippen molar-refractivity contribution in [2.45, 2.75) is 0 Å². The lowest BCUT2D eigenvalue weighted by Crippen LogP contribution is -2.34. The molecule has 0 aliphatic carbocycles. The van der Waals surface area contributed by atoms with E-state index in [0.29, 0.717) is 5.39 Å². The molecule has 0 aliphatic heterocycles. The molecule has 2 rings (SSSR count). The van der Waals surface area contributed by atoms with Gasteiger partial charge in [0.15, 0.2) is 0 Å². The Morgan fingerprint density at radius 3 is 2.50 bits per heavy atom. The minimum absolute atomic E-state index is 0.0865. The molecule has 2 aromatic rings. The van der Waals surface area contributed by atoms with Crippen LogP contribution in [0.4, 0.5) is 12.9 Å². The van der Waals surface area contributed by atoms with Gasteiger partial charge in [-0.15, -0.1) is 0 Å². The molecule has 0 amide bonds. The van der Waals surface area contributed by atoms with Crippen molar-refractivity contribution in [3.63, 3.8) is 0 Å². The molecular weight excluding hydrogens is 215 g/mol. The van der Waals surface area contributed by atoms with E-state index in [2.05, 4.69) is 0 Å². The third-order valence-corrected chi connectivity index (χ3v) is 2.33. The fourth-order valence-electron chi connectivity index (χ4n) is 1.27. The highest BCUT2D eigenvalue weighted by Gasteiger charge is 2.29. The number of benzene rings is 1. The van der Waals surface area contributed by atoms with E-state index in [1.165, 1.54) is 12.3 Å². The van der Waals surface area contributed by atoms with Crippen molar-refractivity contribution >= 4 is 35.0 Å². The molecule has 1 nitrogen and oxygen atoms in total. The third-order valence-electron chi connectivity index (χ3n) is 1.94. The minimum Gasteiger partial charge on any atom is -0.463 e. The quantitative estimate of drug-likeness (QED) is 0.672. The molecule has 0 unspecified atom stereocenters. The van der Waals surface area contributed by atoms with Crippen molar-refractivity contribution in [3.05, 3.63) is 29.5 Å². The van der Waals surface area contributed by atoms with Gasteiger partial charge in [-0.25, -0.2) is 0 Å². The molecule has 0 saturated heterocycles. The Labute approximate surface area is 82.5 Å². The van der Waals surface area contributed by atoms with Gasteiger partial charge in [-0.2, -0.15) is 0 Å². The predicted octanol–water partition coefficient (Wildman–Crippen LogP) is 3.14. The highest BCUT2D eigenvalue weighted by Crippen LogP contribution is 2.26. The van der Waals surface area contributed by atoms with Gasteiger partial charge in [-0.05, 0) is 6.07 Å². The van der Waals surface area contributed by atoms with Crippen LogP contribution in [0.15, 0.2) is 28.9 Å². The molecule has 0 fully saturated rings. The average molecular weight is 219 g/mol. The van der Waals surface area contributed by atoms with E-state index in [-0.39, 0.29) is 10.6 Å². The van der Waals surface area contributed by atoms with Crippen molar-refractivity contribution in [3.8, 4) is 0 Å². The standard InChI is InChI=1S/C8H4BClF3O/c10-7-6(9(11,12)13)2-1-5-3-4-14-8(5)7/h1-4H/q-1. The summed E-state index contributed by atoms with van der Waals surface area (Å²) in [5, 5.41) is 0.207. The second-order valence-electron chi connectivity index (χ2n) is 2.88. The van der Waals surface area contributed by atoms with Crippen LogP contribution in [0.1, 0.15) is 0 Å². The molecular formula is C8H4BClF3O-. The summed E-state index contributed by atoms with van der Waals surface area (Å²) in [4.78, 5) is 0. The molecule has 1 aromatic heterocycles. The van der Waals surface area contributed by atoms with Crippen molar-refractivity contribution in [2.24, 2.45) is 0 Å². The topological polar surface area (TPSA) is 13.1 Å². The fraction of sp³-hybridized carbons (Fsp3) is 0. The molecule has 1 heterocycles.